The van der Waals surface area contributed by atoms with Gasteiger partial charge in [0, 0.05) is 18.0 Å². The lowest BCUT2D eigenvalue weighted by Gasteiger charge is -2.24. The van der Waals surface area contributed by atoms with E-state index in [1.807, 2.05) is 0 Å². The molecule has 0 radical (unpaired) electrons. The lowest BCUT2D eigenvalue weighted by molar-refractivity contribution is 0.0353. The highest BCUT2D eigenvalue weighted by molar-refractivity contribution is 5.94. The van der Waals surface area contributed by atoms with Gasteiger partial charge in [-0.1, -0.05) is 0 Å². The van der Waals surface area contributed by atoms with Gasteiger partial charge in [-0.15, -0.1) is 0 Å². The fourth-order valence-corrected chi connectivity index (χ4v) is 4.11. The van der Waals surface area contributed by atoms with Crippen LogP contribution >= 0.6 is 0 Å². The number of nitrogens with zero attached hydrogens (tertiary/aromatic N) is 2. The molecule has 1 aromatic carbocycles. The lowest BCUT2D eigenvalue weighted by Crippen LogP contribution is -2.42. The normalized spacial score (nSPS) is 21.5. The van der Waals surface area contributed by atoms with Crippen LogP contribution in [0.15, 0.2) is 30.5 Å². The van der Waals surface area contributed by atoms with Crippen LogP contribution in [0, 0.1) is 11.7 Å². The minimum atomic E-state index is -0.913. The maximum Gasteiger partial charge on any atom is 0.271 e. The second-order valence-corrected chi connectivity index (χ2v) is 8.69. The summed E-state index contributed by atoms with van der Waals surface area (Å²) in [7, 11) is 0. The van der Waals surface area contributed by atoms with E-state index in [0.717, 1.165) is 45.2 Å². The summed E-state index contributed by atoms with van der Waals surface area (Å²) in [6.45, 7) is 3.79. The summed E-state index contributed by atoms with van der Waals surface area (Å²) in [5.41, 5.74) is 1.33. The van der Waals surface area contributed by atoms with Gasteiger partial charge < -0.3 is 15.7 Å². The van der Waals surface area contributed by atoms with Crippen LogP contribution in [0.4, 0.5) is 4.39 Å². The van der Waals surface area contributed by atoms with Gasteiger partial charge in [0.25, 0.3) is 5.91 Å². The number of benzene rings is 1. The molecule has 2 atom stereocenters. The van der Waals surface area contributed by atoms with E-state index in [1.54, 1.807) is 25.3 Å². The highest BCUT2D eigenvalue weighted by atomic mass is 19.1. The van der Waals surface area contributed by atoms with E-state index >= 15 is 0 Å². The Kier molecular flexibility index (Phi) is 6.11. The third kappa shape index (κ3) is 4.84. The summed E-state index contributed by atoms with van der Waals surface area (Å²) in [6.07, 6.45) is 6.50. The Balaban J connectivity index is 1.63. The highest BCUT2D eigenvalue weighted by Crippen LogP contribution is 2.39. The molecule has 2 aromatic rings. The molecule has 6 nitrogen and oxygen atoms in total. The molecule has 2 heterocycles. The number of aromatic nitrogens is 2. The standard InChI is InChI=1S/C23H29FN4O2/c1-23(30,17-6-7-17)14-27-22(29)21-20(16-3-2-11-25-12-10-16)26-13-19(28-21)15-4-8-18(24)9-5-15/h4-5,8-9,13,16-17,25,30H,2-3,6-7,10-12,14H2,1H3,(H,27,29). The maximum absolute atomic E-state index is 13.3. The van der Waals surface area contributed by atoms with Crippen molar-refractivity contribution in [3.63, 3.8) is 0 Å². The van der Waals surface area contributed by atoms with Gasteiger partial charge >= 0.3 is 0 Å². The van der Waals surface area contributed by atoms with Crippen LogP contribution in [0.25, 0.3) is 11.3 Å². The summed E-state index contributed by atoms with van der Waals surface area (Å²) in [5, 5.41) is 16.8. The monoisotopic (exact) mass is 412 g/mol. The molecule has 2 fully saturated rings. The van der Waals surface area contributed by atoms with Crippen molar-refractivity contribution in [3.05, 3.63) is 47.7 Å². The number of amides is 1. The van der Waals surface area contributed by atoms with Gasteiger partial charge in [-0.05, 0) is 82.3 Å². The Labute approximate surface area is 176 Å². The minimum absolute atomic E-state index is 0.152. The van der Waals surface area contributed by atoms with Crippen molar-refractivity contribution in [1.29, 1.82) is 0 Å². The van der Waals surface area contributed by atoms with Gasteiger partial charge in [-0.3, -0.25) is 9.78 Å². The van der Waals surface area contributed by atoms with E-state index < -0.39 is 5.60 Å². The first kappa shape index (κ1) is 20.9. The third-order valence-electron chi connectivity index (χ3n) is 6.18. The molecule has 3 N–H and O–H groups in total. The molecule has 1 amide bonds. The number of carbonyl (C=O) groups excluding carboxylic acids is 1. The van der Waals surface area contributed by atoms with Gasteiger partial charge in [-0.25, -0.2) is 9.37 Å². The fourth-order valence-electron chi connectivity index (χ4n) is 4.11. The van der Waals surface area contributed by atoms with Crippen molar-refractivity contribution >= 4 is 5.91 Å². The molecule has 4 rings (SSSR count). The van der Waals surface area contributed by atoms with E-state index in [0.29, 0.717) is 22.6 Å². The molecule has 30 heavy (non-hydrogen) atoms. The first-order valence-electron chi connectivity index (χ1n) is 10.8. The van der Waals surface area contributed by atoms with Crippen molar-refractivity contribution in [1.82, 2.24) is 20.6 Å². The molecule has 1 saturated heterocycles. The predicted octanol–water partition coefficient (Wildman–Crippen LogP) is 3.03. The van der Waals surface area contributed by atoms with E-state index in [9.17, 15) is 14.3 Å². The SMILES string of the molecule is CC(O)(CNC(=O)c1nc(-c2ccc(F)cc2)cnc1C1CCCNCC1)C1CC1. The second kappa shape index (κ2) is 8.78. The molecule has 2 unspecified atom stereocenters. The summed E-state index contributed by atoms with van der Waals surface area (Å²) in [4.78, 5) is 22.4. The van der Waals surface area contributed by atoms with Crippen molar-refractivity contribution < 1.29 is 14.3 Å². The second-order valence-electron chi connectivity index (χ2n) is 8.69. The van der Waals surface area contributed by atoms with E-state index in [1.165, 1.54) is 12.1 Å². The van der Waals surface area contributed by atoms with Crippen LogP contribution in [-0.2, 0) is 0 Å². The molecule has 1 aromatic heterocycles. The number of halogens is 1. The van der Waals surface area contributed by atoms with E-state index in [4.69, 9.17) is 0 Å². The molecule has 7 heteroatoms. The zero-order valence-corrected chi connectivity index (χ0v) is 17.3. The quantitative estimate of drug-likeness (QED) is 0.679. The maximum atomic E-state index is 13.3. The van der Waals surface area contributed by atoms with Crippen molar-refractivity contribution in [2.75, 3.05) is 19.6 Å². The largest absolute Gasteiger partial charge is 0.388 e. The molecule has 1 saturated carbocycles. The Morgan fingerprint density at radius 3 is 2.73 bits per heavy atom. The Bertz CT molecular complexity index is 889. The van der Waals surface area contributed by atoms with E-state index in [-0.39, 0.29) is 30.1 Å². The Hall–Kier alpha value is -2.38. The smallest absolute Gasteiger partial charge is 0.271 e. The number of hydrogen-bond donors (Lipinski definition) is 3. The zero-order chi connectivity index (χ0) is 21.1. The van der Waals surface area contributed by atoms with Crippen LogP contribution in [0.1, 0.15) is 61.1 Å². The van der Waals surface area contributed by atoms with Crippen LogP contribution in [0.5, 0.6) is 0 Å². The molecular formula is C23H29FN4O2. The predicted molar refractivity (Wildman–Crippen MR) is 113 cm³/mol. The number of hydrogen-bond acceptors (Lipinski definition) is 5. The number of rotatable bonds is 6. The van der Waals surface area contributed by atoms with Crippen molar-refractivity contribution in [2.24, 2.45) is 5.92 Å². The van der Waals surface area contributed by atoms with Gasteiger partial charge in [0.1, 0.15) is 5.82 Å². The molecular weight excluding hydrogens is 383 g/mol. The van der Waals surface area contributed by atoms with E-state index in [2.05, 4.69) is 20.6 Å². The third-order valence-corrected chi connectivity index (χ3v) is 6.18. The lowest BCUT2D eigenvalue weighted by atomic mass is 9.94. The van der Waals surface area contributed by atoms with Crippen LogP contribution < -0.4 is 10.6 Å². The zero-order valence-electron chi connectivity index (χ0n) is 17.3. The molecule has 2 aliphatic rings. The van der Waals surface area contributed by atoms with Crippen molar-refractivity contribution in [3.8, 4) is 11.3 Å². The highest BCUT2D eigenvalue weighted by Gasteiger charge is 2.40. The molecule has 0 bridgehead atoms. The minimum Gasteiger partial charge on any atom is -0.388 e. The number of carbonyl (C=O) groups is 1. The summed E-state index contributed by atoms with van der Waals surface area (Å²) in [5.74, 6) is -0.254. The van der Waals surface area contributed by atoms with Crippen LogP contribution in [-0.4, -0.2) is 46.2 Å². The topological polar surface area (TPSA) is 87.1 Å². The Morgan fingerprint density at radius 1 is 1.23 bits per heavy atom. The number of nitrogens with one attached hydrogen (secondary N) is 2. The van der Waals surface area contributed by atoms with Crippen molar-refractivity contribution in [2.45, 2.75) is 50.5 Å². The Morgan fingerprint density at radius 2 is 2.00 bits per heavy atom. The van der Waals surface area contributed by atoms with Crippen LogP contribution in [0.3, 0.4) is 0 Å². The van der Waals surface area contributed by atoms with Gasteiger partial charge in [-0.2, -0.15) is 0 Å². The van der Waals surface area contributed by atoms with Gasteiger partial charge in [0.05, 0.1) is 23.2 Å². The average molecular weight is 413 g/mol. The molecule has 1 aliphatic heterocycles. The molecule has 1 aliphatic carbocycles. The molecule has 0 spiro atoms. The average Bonchev–Trinajstić information content (AvgIpc) is 3.60. The van der Waals surface area contributed by atoms with Crippen LogP contribution in [0.2, 0.25) is 0 Å². The van der Waals surface area contributed by atoms with Gasteiger partial charge in [0.2, 0.25) is 0 Å². The molecule has 160 valence electrons. The number of aliphatic hydroxyl groups is 1. The first-order valence-corrected chi connectivity index (χ1v) is 10.8. The fraction of sp³-hybridized carbons (Fsp3) is 0.522. The first-order chi connectivity index (χ1) is 14.4. The summed E-state index contributed by atoms with van der Waals surface area (Å²) < 4.78 is 13.3. The summed E-state index contributed by atoms with van der Waals surface area (Å²) in [6, 6.07) is 6.01. The van der Waals surface area contributed by atoms with Gasteiger partial charge in [0.15, 0.2) is 5.69 Å². The summed E-state index contributed by atoms with van der Waals surface area (Å²) >= 11 is 0.